The lowest BCUT2D eigenvalue weighted by Crippen LogP contribution is -1.96. The van der Waals surface area contributed by atoms with Gasteiger partial charge < -0.3 is 9.84 Å². The Balaban J connectivity index is 1.89. The zero-order chi connectivity index (χ0) is 16.5. The van der Waals surface area contributed by atoms with E-state index in [2.05, 4.69) is 6.92 Å². The van der Waals surface area contributed by atoms with Gasteiger partial charge in [-0.25, -0.2) is 0 Å². The number of aromatic hydroxyl groups is 1. The monoisotopic (exact) mass is 310 g/mol. The highest BCUT2D eigenvalue weighted by atomic mass is 16.5. The molecule has 0 radical (unpaired) electrons. The largest absolute Gasteiger partial charge is 0.508 e. The van der Waals surface area contributed by atoms with Crippen molar-refractivity contribution in [1.29, 1.82) is 0 Å². The van der Waals surface area contributed by atoms with Crippen LogP contribution in [0.4, 0.5) is 0 Å². The smallest absolute Gasteiger partial charge is 0.185 e. The van der Waals surface area contributed by atoms with E-state index in [1.807, 2.05) is 24.3 Å². The van der Waals surface area contributed by atoms with Gasteiger partial charge in [-0.2, -0.15) is 0 Å². The predicted molar refractivity (Wildman–Crippen MR) is 92.9 cm³/mol. The average molecular weight is 310 g/mol. The third kappa shape index (κ3) is 5.62. The molecule has 2 aromatic carbocycles. The molecule has 3 heteroatoms. The van der Waals surface area contributed by atoms with Crippen molar-refractivity contribution >= 4 is 11.9 Å². The number of phenolic OH excluding ortho intramolecular Hbond substituents is 1. The van der Waals surface area contributed by atoms with E-state index in [1.54, 1.807) is 18.2 Å². The van der Waals surface area contributed by atoms with Crippen molar-refractivity contribution in [2.45, 2.75) is 26.2 Å². The normalized spacial score (nSPS) is 10.8. The summed E-state index contributed by atoms with van der Waals surface area (Å²) in [6.45, 7) is 2.91. The number of ketones is 1. The van der Waals surface area contributed by atoms with Gasteiger partial charge in [0, 0.05) is 5.56 Å². The molecule has 0 bridgehead atoms. The molecule has 2 aromatic rings. The fourth-order valence-electron chi connectivity index (χ4n) is 2.11. The maximum Gasteiger partial charge on any atom is 0.185 e. The van der Waals surface area contributed by atoms with Crippen molar-refractivity contribution in [2.75, 3.05) is 6.61 Å². The van der Waals surface area contributed by atoms with Gasteiger partial charge in [0.25, 0.3) is 0 Å². The molecule has 120 valence electrons. The van der Waals surface area contributed by atoms with E-state index in [4.69, 9.17) is 4.74 Å². The molecular weight excluding hydrogens is 288 g/mol. The van der Waals surface area contributed by atoms with Crippen molar-refractivity contribution in [3.8, 4) is 11.5 Å². The zero-order valence-corrected chi connectivity index (χ0v) is 13.4. The number of unbranched alkanes of at least 4 members (excludes halogenated alkanes) is 2. The van der Waals surface area contributed by atoms with Crippen molar-refractivity contribution in [3.05, 3.63) is 65.7 Å². The molecule has 0 aromatic heterocycles. The number of hydrogen-bond acceptors (Lipinski definition) is 3. The molecule has 0 saturated heterocycles. The molecule has 0 aliphatic rings. The summed E-state index contributed by atoms with van der Waals surface area (Å²) in [5.41, 5.74) is 1.49. The number of rotatable bonds is 8. The minimum absolute atomic E-state index is 0.0927. The van der Waals surface area contributed by atoms with Crippen LogP contribution in [0.15, 0.2) is 54.6 Å². The summed E-state index contributed by atoms with van der Waals surface area (Å²) in [5, 5.41) is 9.22. The summed E-state index contributed by atoms with van der Waals surface area (Å²) in [4.78, 5) is 12.0. The van der Waals surface area contributed by atoms with Crippen LogP contribution in [0.2, 0.25) is 0 Å². The molecule has 0 unspecified atom stereocenters. The van der Waals surface area contributed by atoms with Gasteiger partial charge in [-0.15, -0.1) is 0 Å². The molecule has 2 rings (SSSR count). The van der Waals surface area contributed by atoms with E-state index in [0.717, 1.165) is 24.3 Å². The molecule has 1 N–H and O–H groups in total. The third-order valence-corrected chi connectivity index (χ3v) is 3.48. The highest BCUT2D eigenvalue weighted by Crippen LogP contribution is 2.15. The highest BCUT2D eigenvalue weighted by molar-refractivity contribution is 6.06. The quantitative estimate of drug-likeness (QED) is 0.430. The van der Waals surface area contributed by atoms with Crippen molar-refractivity contribution in [1.82, 2.24) is 0 Å². The van der Waals surface area contributed by atoms with Gasteiger partial charge in [0.1, 0.15) is 11.5 Å². The van der Waals surface area contributed by atoms with Crippen molar-refractivity contribution < 1.29 is 14.6 Å². The van der Waals surface area contributed by atoms with Gasteiger partial charge >= 0.3 is 0 Å². The topological polar surface area (TPSA) is 46.5 Å². The molecule has 0 amide bonds. The van der Waals surface area contributed by atoms with E-state index < -0.39 is 0 Å². The van der Waals surface area contributed by atoms with E-state index in [9.17, 15) is 9.90 Å². The second-order valence-electron chi connectivity index (χ2n) is 5.37. The fraction of sp³-hybridized carbons (Fsp3) is 0.250. The molecule has 0 aliphatic carbocycles. The minimum atomic E-state index is -0.0927. The zero-order valence-electron chi connectivity index (χ0n) is 13.4. The lowest BCUT2D eigenvalue weighted by Gasteiger charge is -2.05. The van der Waals surface area contributed by atoms with Gasteiger partial charge in [0.2, 0.25) is 0 Å². The molecule has 0 heterocycles. The SMILES string of the molecule is CCCCCOc1ccc(C=CC(=O)c2ccc(O)cc2)cc1. The lowest BCUT2D eigenvalue weighted by molar-refractivity contribution is 0.104. The van der Waals surface area contributed by atoms with Gasteiger partial charge in [0.15, 0.2) is 5.78 Å². The summed E-state index contributed by atoms with van der Waals surface area (Å²) in [6.07, 6.45) is 6.74. The first-order valence-electron chi connectivity index (χ1n) is 7.93. The Labute approximate surface area is 137 Å². The Hall–Kier alpha value is -2.55. The molecule has 0 aliphatic heterocycles. The Morgan fingerprint density at radius 1 is 1.04 bits per heavy atom. The van der Waals surface area contributed by atoms with Gasteiger partial charge in [-0.05, 0) is 54.5 Å². The average Bonchev–Trinajstić information content (AvgIpc) is 2.58. The molecule has 0 saturated carbocycles. The first kappa shape index (κ1) is 16.8. The fourth-order valence-corrected chi connectivity index (χ4v) is 2.11. The van der Waals surface area contributed by atoms with Crippen molar-refractivity contribution in [3.63, 3.8) is 0 Å². The number of allylic oxidation sites excluding steroid dienone is 1. The second-order valence-corrected chi connectivity index (χ2v) is 5.37. The predicted octanol–water partition coefficient (Wildman–Crippen LogP) is 4.86. The number of phenols is 1. The molecule has 23 heavy (non-hydrogen) atoms. The Bertz CT molecular complexity index is 640. The van der Waals surface area contributed by atoms with Gasteiger partial charge in [-0.3, -0.25) is 4.79 Å². The number of ether oxygens (including phenoxy) is 1. The van der Waals surface area contributed by atoms with Crippen LogP contribution in [-0.2, 0) is 0 Å². The summed E-state index contributed by atoms with van der Waals surface area (Å²) < 4.78 is 5.65. The summed E-state index contributed by atoms with van der Waals surface area (Å²) >= 11 is 0. The second kappa shape index (κ2) is 8.79. The molecule has 3 nitrogen and oxygen atoms in total. The first-order valence-corrected chi connectivity index (χ1v) is 7.93. The third-order valence-electron chi connectivity index (χ3n) is 3.48. The summed E-state index contributed by atoms with van der Waals surface area (Å²) in [6, 6.07) is 13.9. The minimum Gasteiger partial charge on any atom is -0.508 e. The van der Waals surface area contributed by atoms with Crippen LogP contribution in [0, 0.1) is 0 Å². The lowest BCUT2D eigenvalue weighted by atomic mass is 10.1. The van der Waals surface area contributed by atoms with Crippen LogP contribution < -0.4 is 4.74 Å². The van der Waals surface area contributed by atoms with Crippen LogP contribution in [0.5, 0.6) is 11.5 Å². The van der Waals surface area contributed by atoms with Gasteiger partial charge in [0.05, 0.1) is 6.61 Å². The van der Waals surface area contributed by atoms with Crippen molar-refractivity contribution in [2.24, 2.45) is 0 Å². The van der Waals surface area contributed by atoms with E-state index >= 15 is 0 Å². The first-order chi connectivity index (χ1) is 11.2. The Morgan fingerprint density at radius 2 is 1.74 bits per heavy atom. The van der Waals surface area contributed by atoms with E-state index in [0.29, 0.717) is 5.56 Å². The Kier molecular flexibility index (Phi) is 6.42. The van der Waals surface area contributed by atoms with E-state index in [1.165, 1.54) is 31.1 Å². The summed E-state index contributed by atoms with van der Waals surface area (Å²) in [7, 11) is 0. The van der Waals surface area contributed by atoms with Crippen LogP contribution in [0.3, 0.4) is 0 Å². The standard InChI is InChI=1S/C20H22O3/c1-2-3-4-15-23-19-12-5-16(6-13-19)7-14-20(22)17-8-10-18(21)11-9-17/h5-14,21H,2-4,15H2,1H3. The van der Waals surface area contributed by atoms with E-state index in [-0.39, 0.29) is 11.5 Å². The number of hydrogen-bond donors (Lipinski definition) is 1. The highest BCUT2D eigenvalue weighted by Gasteiger charge is 2.01. The van der Waals surface area contributed by atoms with Crippen LogP contribution in [-0.4, -0.2) is 17.5 Å². The Morgan fingerprint density at radius 3 is 2.39 bits per heavy atom. The van der Waals surface area contributed by atoms with Gasteiger partial charge in [-0.1, -0.05) is 38.0 Å². The molecule has 0 atom stereocenters. The number of carbonyl (C=O) groups is 1. The number of carbonyl (C=O) groups excluding carboxylic acids is 1. The van der Waals surface area contributed by atoms with Crippen LogP contribution in [0.1, 0.15) is 42.1 Å². The molecule has 0 spiro atoms. The maximum absolute atomic E-state index is 12.0. The van der Waals surface area contributed by atoms with Crippen LogP contribution in [0.25, 0.3) is 6.08 Å². The number of benzene rings is 2. The molecular formula is C20H22O3. The van der Waals surface area contributed by atoms with Crippen LogP contribution >= 0.6 is 0 Å². The molecule has 0 fully saturated rings. The summed E-state index contributed by atoms with van der Waals surface area (Å²) in [5.74, 6) is 0.910. The maximum atomic E-state index is 12.0.